The maximum atomic E-state index is 13.8. The number of halogens is 4. The number of benzene rings is 2. The lowest BCUT2D eigenvalue weighted by Crippen LogP contribution is -2.05. The number of hydrogen-bond acceptors (Lipinski definition) is 4. The van der Waals surface area contributed by atoms with E-state index in [1.165, 1.54) is 13.3 Å². The molecule has 0 fully saturated rings. The van der Waals surface area contributed by atoms with Gasteiger partial charge in [-0.25, -0.2) is 18.0 Å². The molecule has 1 aromatic heterocycles. The molecule has 4 nitrogen and oxygen atoms in total. The number of carbonyl (C=O) groups is 1. The smallest absolute Gasteiger partial charge is 0.339 e. The largest absolute Gasteiger partial charge is 0.488 e. The number of carbonyl (C=O) groups excluding carboxylic acids is 1. The average Bonchev–Trinajstić information content (AvgIpc) is 2.68. The van der Waals surface area contributed by atoms with Crippen molar-refractivity contribution in [3.8, 4) is 5.75 Å². The SMILES string of the molecule is COC(=O)c1cncc(Cc2cc(Cl)ccc2OCc2c(F)cc(F)cc2F)c1. The molecule has 29 heavy (non-hydrogen) atoms. The zero-order valence-electron chi connectivity index (χ0n) is 15.2. The van der Waals surface area contributed by atoms with E-state index in [0.29, 0.717) is 40.5 Å². The minimum atomic E-state index is -1.03. The van der Waals surface area contributed by atoms with Gasteiger partial charge in [-0.3, -0.25) is 4.98 Å². The van der Waals surface area contributed by atoms with Crippen molar-refractivity contribution in [3.05, 3.63) is 93.5 Å². The summed E-state index contributed by atoms with van der Waals surface area (Å²) in [6, 6.07) is 7.57. The van der Waals surface area contributed by atoms with Crippen molar-refractivity contribution in [2.24, 2.45) is 0 Å². The Bertz CT molecular complexity index is 1040. The first-order chi connectivity index (χ1) is 13.9. The molecule has 3 aromatic rings. The fourth-order valence-electron chi connectivity index (χ4n) is 2.72. The highest BCUT2D eigenvalue weighted by molar-refractivity contribution is 6.30. The van der Waals surface area contributed by atoms with Crippen LogP contribution in [0.1, 0.15) is 27.0 Å². The molecule has 0 unspecified atom stereocenters. The highest BCUT2D eigenvalue weighted by Crippen LogP contribution is 2.27. The molecule has 0 aliphatic rings. The first kappa shape index (κ1) is 20.7. The molecule has 0 saturated heterocycles. The topological polar surface area (TPSA) is 48.4 Å². The van der Waals surface area contributed by atoms with E-state index in [1.54, 1.807) is 30.5 Å². The second-order valence-electron chi connectivity index (χ2n) is 6.14. The van der Waals surface area contributed by atoms with Crippen LogP contribution < -0.4 is 4.74 Å². The van der Waals surface area contributed by atoms with E-state index in [9.17, 15) is 18.0 Å². The van der Waals surface area contributed by atoms with Crippen LogP contribution in [0.4, 0.5) is 13.2 Å². The van der Waals surface area contributed by atoms with E-state index in [1.807, 2.05) is 0 Å². The van der Waals surface area contributed by atoms with Gasteiger partial charge in [-0.1, -0.05) is 11.6 Å². The van der Waals surface area contributed by atoms with E-state index in [0.717, 1.165) is 0 Å². The molecule has 0 aliphatic heterocycles. The Kier molecular flexibility index (Phi) is 6.39. The highest BCUT2D eigenvalue weighted by Gasteiger charge is 2.14. The summed E-state index contributed by atoms with van der Waals surface area (Å²) in [5.41, 5.74) is 1.19. The van der Waals surface area contributed by atoms with E-state index in [2.05, 4.69) is 9.72 Å². The third-order valence-electron chi connectivity index (χ3n) is 4.11. The van der Waals surface area contributed by atoms with Gasteiger partial charge in [0, 0.05) is 41.5 Å². The Labute approximate surface area is 169 Å². The van der Waals surface area contributed by atoms with Gasteiger partial charge in [0.1, 0.15) is 29.8 Å². The number of ether oxygens (including phenoxy) is 2. The molecular weight excluding hydrogens is 407 g/mol. The van der Waals surface area contributed by atoms with Crippen LogP contribution in [0.5, 0.6) is 5.75 Å². The van der Waals surface area contributed by atoms with Crippen molar-refractivity contribution < 1.29 is 27.4 Å². The Morgan fingerprint density at radius 3 is 2.48 bits per heavy atom. The molecule has 2 aromatic carbocycles. The van der Waals surface area contributed by atoms with Gasteiger partial charge in [0.2, 0.25) is 0 Å². The van der Waals surface area contributed by atoms with Crippen molar-refractivity contribution in [1.82, 2.24) is 4.98 Å². The number of nitrogens with zero attached hydrogens (tertiary/aromatic N) is 1. The molecule has 8 heteroatoms. The number of aromatic nitrogens is 1. The van der Waals surface area contributed by atoms with Crippen LogP contribution in [0, 0.1) is 17.5 Å². The summed E-state index contributed by atoms with van der Waals surface area (Å²) in [6.45, 7) is -0.437. The summed E-state index contributed by atoms with van der Waals surface area (Å²) in [6.07, 6.45) is 3.24. The standard InChI is InChI=1S/C21H15ClF3NO3/c1-28-21(27)14-5-12(9-26-10-14)4-13-6-15(22)2-3-20(13)29-11-17-18(24)7-16(23)8-19(17)25/h2-3,5-10H,4,11H2,1H3. The second-order valence-corrected chi connectivity index (χ2v) is 6.58. The molecule has 150 valence electrons. The fourth-order valence-corrected chi connectivity index (χ4v) is 2.92. The van der Waals surface area contributed by atoms with E-state index < -0.39 is 30.0 Å². The first-order valence-corrected chi connectivity index (χ1v) is 8.82. The Hall–Kier alpha value is -3.06. The van der Waals surface area contributed by atoms with E-state index >= 15 is 0 Å². The summed E-state index contributed by atoms with van der Waals surface area (Å²) in [4.78, 5) is 15.7. The molecule has 0 spiro atoms. The number of methoxy groups -OCH3 is 1. The van der Waals surface area contributed by atoms with Crippen LogP contribution in [-0.2, 0) is 17.8 Å². The predicted octanol–water partition coefficient (Wildman–Crippen LogP) is 5.11. The monoisotopic (exact) mass is 421 g/mol. The quantitative estimate of drug-likeness (QED) is 0.519. The van der Waals surface area contributed by atoms with Crippen molar-refractivity contribution in [3.63, 3.8) is 0 Å². The molecule has 0 amide bonds. The third-order valence-corrected chi connectivity index (χ3v) is 4.35. The van der Waals surface area contributed by atoms with Gasteiger partial charge in [-0.15, -0.1) is 0 Å². The molecule has 0 saturated carbocycles. The van der Waals surface area contributed by atoms with Crippen LogP contribution in [0.25, 0.3) is 0 Å². The van der Waals surface area contributed by atoms with Crippen LogP contribution >= 0.6 is 11.6 Å². The van der Waals surface area contributed by atoms with E-state index in [-0.39, 0.29) is 11.1 Å². The predicted molar refractivity (Wildman–Crippen MR) is 100 cm³/mol. The summed E-state index contributed by atoms with van der Waals surface area (Å²) in [5.74, 6) is -3.26. The zero-order chi connectivity index (χ0) is 21.0. The van der Waals surface area contributed by atoms with Crippen LogP contribution in [0.3, 0.4) is 0 Å². The van der Waals surface area contributed by atoms with Crippen molar-refractivity contribution >= 4 is 17.6 Å². The average molecular weight is 422 g/mol. The lowest BCUT2D eigenvalue weighted by Gasteiger charge is -2.13. The molecule has 0 bridgehead atoms. The number of rotatable bonds is 6. The van der Waals surface area contributed by atoms with Gasteiger partial charge in [-0.2, -0.15) is 0 Å². The molecule has 0 aliphatic carbocycles. The van der Waals surface area contributed by atoms with Gasteiger partial charge >= 0.3 is 5.97 Å². The normalized spacial score (nSPS) is 10.7. The number of esters is 1. The van der Waals surface area contributed by atoms with Crippen molar-refractivity contribution in [2.45, 2.75) is 13.0 Å². The molecule has 0 radical (unpaired) electrons. The Morgan fingerprint density at radius 1 is 1.07 bits per heavy atom. The Balaban J connectivity index is 1.85. The van der Waals surface area contributed by atoms with E-state index in [4.69, 9.17) is 16.3 Å². The number of pyridine rings is 1. The first-order valence-electron chi connectivity index (χ1n) is 8.44. The van der Waals surface area contributed by atoms with Crippen LogP contribution in [-0.4, -0.2) is 18.1 Å². The lowest BCUT2D eigenvalue weighted by molar-refractivity contribution is 0.0600. The molecule has 0 N–H and O–H groups in total. The van der Waals surface area contributed by atoms with Crippen molar-refractivity contribution in [1.29, 1.82) is 0 Å². The molecule has 1 heterocycles. The van der Waals surface area contributed by atoms with Gasteiger partial charge in [-0.05, 0) is 29.8 Å². The van der Waals surface area contributed by atoms with Gasteiger partial charge in [0.15, 0.2) is 0 Å². The molecule has 3 rings (SSSR count). The summed E-state index contributed by atoms with van der Waals surface area (Å²) in [7, 11) is 1.27. The fraction of sp³-hybridized carbons (Fsp3) is 0.143. The minimum Gasteiger partial charge on any atom is -0.488 e. The van der Waals surface area contributed by atoms with Gasteiger partial charge < -0.3 is 9.47 Å². The molecule has 0 atom stereocenters. The summed E-state index contributed by atoms with van der Waals surface area (Å²) >= 11 is 6.07. The van der Waals surface area contributed by atoms with Crippen LogP contribution in [0.15, 0.2) is 48.8 Å². The summed E-state index contributed by atoms with van der Waals surface area (Å²) in [5, 5.41) is 0.434. The maximum Gasteiger partial charge on any atom is 0.339 e. The Morgan fingerprint density at radius 2 is 1.79 bits per heavy atom. The zero-order valence-corrected chi connectivity index (χ0v) is 16.0. The minimum absolute atomic E-state index is 0.282. The summed E-state index contributed by atoms with van der Waals surface area (Å²) < 4.78 is 51.0. The van der Waals surface area contributed by atoms with Crippen LogP contribution in [0.2, 0.25) is 5.02 Å². The third kappa shape index (κ3) is 5.06. The number of hydrogen-bond donors (Lipinski definition) is 0. The molecular formula is C21H15ClF3NO3. The second kappa shape index (κ2) is 8.96. The van der Waals surface area contributed by atoms with Crippen molar-refractivity contribution in [2.75, 3.05) is 7.11 Å². The van der Waals surface area contributed by atoms with Gasteiger partial charge in [0.25, 0.3) is 0 Å². The van der Waals surface area contributed by atoms with Gasteiger partial charge in [0.05, 0.1) is 18.2 Å². The maximum absolute atomic E-state index is 13.8. The highest BCUT2D eigenvalue weighted by atomic mass is 35.5. The lowest BCUT2D eigenvalue weighted by atomic mass is 10.0.